The van der Waals surface area contributed by atoms with Gasteiger partial charge < -0.3 is 5.11 Å². The third-order valence-corrected chi connectivity index (χ3v) is 1.87. The highest BCUT2D eigenvalue weighted by molar-refractivity contribution is 6.46. The predicted molar refractivity (Wildman–Crippen MR) is 48.3 cm³/mol. The van der Waals surface area contributed by atoms with Crippen molar-refractivity contribution in [2.75, 3.05) is 0 Å². The Labute approximate surface area is 76.8 Å². The minimum atomic E-state index is -0.662. The van der Waals surface area contributed by atoms with Crippen LogP contribution < -0.4 is 0 Å². The van der Waals surface area contributed by atoms with Crippen LogP contribution in [-0.4, -0.2) is 16.7 Å². The average Bonchev–Trinajstić information content (AvgIpc) is 1.94. The molecule has 0 aromatic heterocycles. The fourth-order valence-electron chi connectivity index (χ4n) is 1.15. The molecular formula is C10H12O3. The Morgan fingerprint density at radius 1 is 1.08 bits per heavy atom. The Bertz CT molecular complexity index is 327. The zero-order chi connectivity index (χ0) is 10.2. The van der Waals surface area contributed by atoms with E-state index in [4.69, 9.17) is 0 Å². The lowest BCUT2D eigenvalue weighted by Gasteiger charge is -2.23. The molecule has 1 aliphatic carbocycles. The summed E-state index contributed by atoms with van der Waals surface area (Å²) in [6.07, 6.45) is 2.18. The van der Waals surface area contributed by atoms with E-state index in [1.807, 2.05) is 20.8 Å². The molecular weight excluding hydrogens is 168 g/mol. The van der Waals surface area contributed by atoms with Crippen molar-refractivity contribution in [3.8, 4) is 0 Å². The number of aliphatic hydroxyl groups excluding tert-OH is 1. The summed E-state index contributed by atoms with van der Waals surface area (Å²) in [7, 11) is 0. The molecule has 1 aliphatic rings. The molecule has 0 atom stereocenters. The van der Waals surface area contributed by atoms with E-state index in [2.05, 4.69) is 0 Å². The first-order valence-electron chi connectivity index (χ1n) is 4.04. The Hall–Kier alpha value is -1.38. The van der Waals surface area contributed by atoms with Crippen LogP contribution in [-0.2, 0) is 9.59 Å². The second-order valence-electron chi connectivity index (χ2n) is 4.07. The Morgan fingerprint density at radius 3 is 2.00 bits per heavy atom. The van der Waals surface area contributed by atoms with Gasteiger partial charge in [0.05, 0.1) is 0 Å². The van der Waals surface area contributed by atoms with Gasteiger partial charge in [-0.1, -0.05) is 20.8 Å². The van der Waals surface area contributed by atoms with Crippen molar-refractivity contribution in [2.24, 2.45) is 5.41 Å². The van der Waals surface area contributed by atoms with Crippen LogP contribution in [0, 0.1) is 5.41 Å². The second kappa shape index (κ2) is 2.83. The molecule has 0 saturated heterocycles. The third-order valence-electron chi connectivity index (χ3n) is 1.87. The van der Waals surface area contributed by atoms with Crippen molar-refractivity contribution in [1.29, 1.82) is 0 Å². The summed E-state index contributed by atoms with van der Waals surface area (Å²) in [6, 6.07) is 0. The molecule has 0 saturated carbocycles. The number of ketones is 2. The number of rotatable bonds is 0. The molecule has 0 aromatic carbocycles. The van der Waals surface area contributed by atoms with Crippen molar-refractivity contribution >= 4 is 11.6 Å². The second-order valence-corrected chi connectivity index (χ2v) is 4.07. The SMILES string of the molecule is CC(C)(C)C1=CC(=O)C(=O)C=C1O. The summed E-state index contributed by atoms with van der Waals surface area (Å²) in [5.74, 6) is -1.33. The van der Waals surface area contributed by atoms with Gasteiger partial charge in [0.1, 0.15) is 5.76 Å². The minimum Gasteiger partial charge on any atom is -0.508 e. The molecule has 1 N–H and O–H groups in total. The summed E-state index contributed by atoms with van der Waals surface area (Å²) in [6.45, 7) is 5.60. The molecule has 0 aliphatic heterocycles. The molecule has 0 aromatic rings. The van der Waals surface area contributed by atoms with Gasteiger partial charge in [-0.25, -0.2) is 0 Å². The Kier molecular flexibility index (Phi) is 2.12. The Balaban J connectivity index is 3.14. The van der Waals surface area contributed by atoms with Gasteiger partial charge in [0.2, 0.25) is 11.6 Å². The summed E-state index contributed by atoms with van der Waals surface area (Å²) in [5, 5.41) is 9.41. The normalized spacial score (nSPS) is 18.4. The maximum Gasteiger partial charge on any atom is 0.229 e. The molecule has 13 heavy (non-hydrogen) atoms. The summed E-state index contributed by atoms with van der Waals surface area (Å²) in [5.41, 5.74) is 0.189. The van der Waals surface area contributed by atoms with E-state index in [-0.39, 0.29) is 11.2 Å². The molecule has 0 unspecified atom stereocenters. The molecule has 0 radical (unpaired) electrons. The molecule has 0 fully saturated rings. The van der Waals surface area contributed by atoms with Crippen LogP contribution in [0.25, 0.3) is 0 Å². The molecule has 1 rings (SSSR count). The van der Waals surface area contributed by atoms with Gasteiger partial charge in [-0.15, -0.1) is 0 Å². The first kappa shape index (κ1) is 9.71. The van der Waals surface area contributed by atoms with Gasteiger partial charge >= 0.3 is 0 Å². The van der Waals surface area contributed by atoms with E-state index < -0.39 is 11.6 Å². The first-order chi connectivity index (χ1) is 5.82. The van der Waals surface area contributed by atoms with E-state index in [0.29, 0.717) is 5.57 Å². The highest BCUT2D eigenvalue weighted by atomic mass is 16.3. The van der Waals surface area contributed by atoms with Crippen molar-refractivity contribution < 1.29 is 14.7 Å². The molecule has 0 bridgehead atoms. The summed E-state index contributed by atoms with van der Waals surface area (Å²) >= 11 is 0. The summed E-state index contributed by atoms with van der Waals surface area (Å²) < 4.78 is 0. The molecule has 0 heterocycles. The van der Waals surface area contributed by atoms with E-state index in [1.165, 1.54) is 6.08 Å². The smallest absolute Gasteiger partial charge is 0.229 e. The fraction of sp³-hybridized carbons (Fsp3) is 0.400. The maximum absolute atomic E-state index is 11.0. The van der Waals surface area contributed by atoms with Gasteiger partial charge in [-0.05, 0) is 11.5 Å². The number of hydrogen-bond acceptors (Lipinski definition) is 3. The lowest BCUT2D eigenvalue weighted by molar-refractivity contribution is -0.131. The van der Waals surface area contributed by atoms with Crippen LogP contribution in [0.3, 0.4) is 0 Å². The highest BCUT2D eigenvalue weighted by Crippen LogP contribution is 2.31. The van der Waals surface area contributed by atoms with Crippen LogP contribution in [0.5, 0.6) is 0 Å². The molecule has 3 heteroatoms. The van der Waals surface area contributed by atoms with E-state index in [0.717, 1.165) is 6.08 Å². The monoisotopic (exact) mass is 180 g/mol. The topological polar surface area (TPSA) is 54.4 Å². The fourth-order valence-corrected chi connectivity index (χ4v) is 1.15. The number of carbonyl (C=O) groups is 2. The third kappa shape index (κ3) is 1.86. The largest absolute Gasteiger partial charge is 0.508 e. The van der Waals surface area contributed by atoms with Crippen molar-refractivity contribution in [1.82, 2.24) is 0 Å². The van der Waals surface area contributed by atoms with E-state index >= 15 is 0 Å². The van der Waals surface area contributed by atoms with Gasteiger partial charge in [-0.3, -0.25) is 9.59 Å². The van der Waals surface area contributed by atoms with Crippen LogP contribution in [0.1, 0.15) is 20.8 Å². The lowest BCUT2D eigenvalue weighted by atomic mass is 9.82. The minimum absolute atomic E-state index is 0.0999. The quantitative estimate of drug-likeness (QED) is 0.454. The molecule has 0 spiro atoms. The number of hydrogen-bond donors (Lipinski definition) is 1. The van der Waals surface area contributed by atoms with Crippen LogP contribution >= 0.6 is 0 Å². The molecule has 3 nitrogen and oxygen atoms in total. The maximum atomic E-state index is 11.0. The van der Waals surface area contributed by atoms with Gasteiger partial charge in [0.25, 0.3) is 0 Å². The lowest BCUT2D eigenvalue weighted by Crippen LogP contribution is -2.21. The van der Waals surface area contributed by atoms with Crippen LogP contribution in [0.2, 0.25) is 0 Å². The van der Waals surface area contributed by atoms with Crippen LogP contribution in [0.4, 0.5) is 0 Å². The van der Waals surface area contributed by atoms with Gasteiger partial charge in [0, 0.05) is 11.6 Å². The van der Waals surface area contributed by atoms with Crippen molar-refractivity contribution in [3.63, 3.8) is 0 Å². The average molecular weight is 180 g/mol. The number of allylic oxidation sites excluding steroid dienone is 3. The number of carbonyl (C=O) groups excluding carboxylic acids is 2. The highest BCUT2D eigenvalue weighted by Gasteiger charge is 2.27. The standard InChI is InChI=1S/C10H12O3/c1-10(2,3)6-4-8(12)9(13)5-7(6)11/h4-5,11H,1-3H3. The van der Waals surface area contributed by atoms with Gasteiger partial charge in [-0.2, -0.15) is 0 Å². The summed E-state index contributed by atoms with van der Waals surface area (Å²) in [4.78, 5) is 21.9. The Morgan fingerprint density at radius 2 is 1.54 bits per heavy atom. The molecule has 0 amide bonds. The predicted octanol–water partition coefficient (Wildman–Crippen LogP) is 1.55. The molecule has 70 valence electrons. The van der Waals surface area contributed by atoms with Gasteiger partial charge in [0.15, 0.2) is 0 Å². The van der Waals surface area contributed by atoms with E-state index in [1.54, 1.807) is 0 Å². The first-order valence-corrected chi connectivity index (χ1v) is 4.04. The van der Waals surface area contributed by atoms with Crippen molar-refractivity contribution in [2.45, 2.75) is 20.8 Å². The van der Waals surface area contributed by atoms with Crippen molar-refractivity contribution in [3.05, 3.63) is 23.5 Å². The zero-order valence-corrected chi connectivity index (χ0v) is 7.92. The number of aliphatic hydroxyl groups is 1. The van der Waals surface area contributed by atoms with E-state index in [9.17, 15) is 14.7 Å². The van der Waals surface area contributed by atoms with Crippen LogP contribution in [0.15, 0.2) is 23.5 Å². The zero-order valence-electron chi connectivity index (χ0n) is 7.92.